The molecule has 0 fully saturated rings. The minimum Gasteiger partial charge on any atom is -0.478 e. The van der Waals surface area contributed by atoms with E-state index in [0.29, 0.717) is 11.5 Å². The number of hydrogen-bond donors (Lipinski definition) is 2. The van der Waals surface area contributed by atoms with Crippen molar-refractivity contribution in [3.63, 3.8) is 0 Å². The average Bonchev–Trinajstić information content (AvgIpc) is 2.17. The minimum absolute atomic E-state index is 0.0794. The third kappa shape index (κ3) is 3.36. The smallest absolute Gasteiger partial charge is 0.335 e. The summed E-state index contributed by atoms with van der Waals surface area (Å²) in [7, 11) is 0. The monoisotopic (exact) mass is 207 g/mol. The fourth-order valence-electron chi connectivity index (χ4n) is 1.55. The molecule has 0 saturated carbocycles. The summed E-state index contributed by atoms with van der Waals surface area (Å²) in [4.78, 5) is 10.8. The van der Waals surface area contributed by atoms with Gasteiger partial charge in [-0.25, -0.2) is 4.79 Å². The molecule has 0 aliphatic rings. The largest absolute Gasteiger partial charge is 0.478 e. The van der Waals surface area contributed by atoms with E-state index in [-0.39, 0.29) is 6.04 Å². The molecule has 1 atom stereocenters. The number of carbonyl (C=O) groups is 1. The SMILES string of the molecule is CC(C)CC(N)c1cccc(C(=O)O)c1. The number of nitrogens with two attached hydrogens (primary N) is 1. The van der Waals surface area contributed by atoms with Gasteiger partial charge in [0.05, 0.1) is 5.56 Å². The second-order valence-corrected chi connectivity index (χ2v) is 4.17. The molecule has 1 aromatic rings. The molecule has 0 aromatic heterocycles. The van der Waals surface area contributed by atoms with Crippen LogP contribution in [0.3, 0.4) is 0 Å². The van der Waals surface area contributed by atoms with Crippen LogP contribution in [0.25, 0.3) is 0 Å². The summed E-state index contributed by atoms with van der Waals surface area (Å²) < 4.78 is 0. The van der Waals surface area contributed by atoms with E-state index in [1.165, 1.54) is 0 Å². The van der Waals surface area contributed by atoms with Crippen molar-refractivity contribution in [2.75, 3.05) is 0 Å². The van der Waals surface area contributed by atoms with Crippen LogP contribution in [-0.4, -0.2) is 11.1 Å². The Morgan fingerprint density at radius 2 is 2.13 bits per heavy atom. The first-order valence-electron chi connectivity index (χ1n) is 5.09. The van der Waals surface area contributed by atoms with E-state index in [0.717, 1.165) is 12.0 Å². The Morgan fingerprint density at radius 1 is 1.47 bits per heavy atom. The Balaban J connectivity index is 2.85. The normalized spacial score (nSPS) is 12.8. The van der Waals surface area contributed by atoms with Gasteiger partial charge in [-0.3, -0.25) is 0 Å². The van der Waals surface area contributed by atoms with Crippen LogP contribution in [0.2, 0.25) is 0 Å². The summed E-state index contributed by atoms with van der Waals surface area (Å²) in [5.41, 5.74) is 7.16. The Labute approximate surface area is 89.9 Å². The topological polar surface area (TPSA) is 63.3 Å². The molecule has 0 radical (unpaired) electrons. The number of aromatic carboxylic acids is 1. The highest BCUT2D eigenvalue weighted by Crippen LogP contribution is 2.19. The van der Waals surface area contributed by atoms with Crippen LogP contribution in [0.4, 0.5) is 0 Å². The van der Waals surface area contributed by atoms with Crippen LogP contribution in [0, 0.1) is 5.92 Å². The number of benzene rings is 1. The Kier molecular flexibility index (Phi) is 3.86. The van der Waals surface area contributed by atoms with E-state index in [1.54, 1.807) is 18.2 Å². The number of carboxylic acids is 1. The van der Waals surface area contributed by atoms with E-state index >= 15 is 0 Å². The lowest BCUT2D eigenvalue weighted by Gasteiger charge is -2.14. The summed E-state index contributed by atoms with van der Waals surface area (Å²) in [6.07, 6.45) is 0.864. The molecule has 0 aliphatic heterocycles. The third-order valence-corrected chi connectivity index (χ3v) is 2.29. The van der Waals surface area contributed by atoms with Crippen LogP contribution >= 0.6 is 0 Å². The van der Waals surface area contributed by atoms with Crippen molar-refractivity contribution in [1.29, 1.82) is 0 Å². The summed E-state index contributed by atoms with van der Waals surface area (Å²) in [6.45, 7) is 4.20. The Morgan fingerprint density at radius 3 is 2.67 bits per heavy atom. The van der Waals surface area contributed by atoms with Crippen molar-refractivity contribution < 1.29 is 9.90 Å². The molecule has 3 N–H and O–H groups in total. The van der Waals surface area contributed by atoms with Crippen molar-refractivity contribution in [2.24, 2.45) is 11.7 Å². The highest BCUT2D eigenvalue weighted by atomic mass is 16.4. The average molecular weight is 207 g/mol. The van der Waals surface area contributed by atoms with Gasteiger partial charge in [0, 0.05) is 6.04 Å². The molecule has 1 aromatic carbocycles. The van der Waals surface area contributed by atoms with Gasteiger partial charge in [-0.15, -0.1) is 0 Å². The van der Waals surface area contributed by atoms with Crippen LogP contribution in [0.1, 0.15) is 42.2 Å². The predicted octanol–water partition coefficient (Wildman–Crippen LogP) is 2.43. The number of rotatable bonds is 4. The van der Waals surface area contributed by atoms with Gasteiger partial charge in [0.15, 0.2) is 0 Å². The van der Waals surface area contributed by atoms with Crippen molar-refractivity contribution in [2.45, 2.75) is 26.3 Å². The maximum atomic E-state index is 10.8. The predicted molar refractivity (Wildman–Crippen MR) is 59.8 cm³/mol. The lowest BCUT2D eigenvalue weighted by molar-refractivity contribution is 0.0696. The minimum atomic E-state index is -0.909. The van der Waals surface area contributed by atoms with Gasteiger partial charge in [-0.1, -0.05) is 26.0 Å². The van der Waals surface area contributed by atoms with Gasteiger partial charge < -0.3 is 10.8 Å². The zero-order valence-corrected chi connectivity index (χ0v) is 9.10. The van der Waals surface area contributed by atoms with Crippen molar-refractivity contribution >= 4 is 5.97 Å². The van der Waals surface area contributed by atoms with Gasteiger partial charge >= 0.3 is 5.97 Å². The van der Waals surface area contributed by atoms with E-state index in [4.69, 9.17) is 10.8 Å². The van der Waals surface area contributed by atoms with E-state index in [2.05, 4.69) is 13.8 Å². The molecule has 0 spiro atoms. The molecular formula is C12H17NO2. The van der Waals surface area contributed by atoms with Gasteiger partial charge in [-0.2, -0.15) is 0 Å². The summed E-state index contributed by atoms with van der Waals surface area (Å²) in [5, 5.41) is 8.83. The Hall–Kier alpha value is -1.35. The molecule has 3 nitrogen and oxygen atoms in total. The summed E-state index contributed by atoms with van der Waals surface area (Å²) in [6, 6.07) is 6.76. The Bertz CT molecular complexity index is 347. The van der Waals surface area contributed by atoms with Gasteiger partial charge in [0.2, 0.25) is 0 Å². The first kappa shape index (κ1) is 11.7. The lowest BCUT2D eigenvalue weighted by atomic mass is 9.96. The molecule has 0 saturated heterocycles. The zero-order valence-electron chi connectivity index (χ0n) is 9.10. The quantitative estimate of drug-likeness (QED) is 0.797. The maximum Gasteiger partial charge on any atom is 0.335 e. The van der Waals surface area contributed by atoms with Crippen molar-refractivity contribution in [3.8, 4) is 0 Å². The molecular weight excluding hydrogens is 190 g/mol. The standard InChI is InChI=1S/C12H17NO2/c1-8(2)6-11(13)9-4-3-5-10(7-9)12(14)15/h3-5,7-8,11H,6,13H2,1-2H3,(H,14,15). The molecule has 0 aliphatic carbocycles. The van der Waals surface area contributed by atoms with Crippen LogP contribution in [-0.2, 0) is 0 Å². The first-order chi connectivity index (χ1) is 7.00. The second kappa shape index (κ2) is 4.94. The van der Waals surface area contributed by atoms with Gasteiger partial charge in [-0.05, 0) is 30.0 Å². The maximum absolute atomic E-state index is 10.8. The van der Waals surface area contributed by atoms with Gasteiger partial charge in [0.1, 0.15) is 0 Å². The molecule has 0 bridgehead atoms. The van der Waals surface area contributed by atoms with Crippen molar-refractivity contribution in [1.82, 2.24) is 0 Å². The van der Waals surface area contributed by atoms with Gasteiger partial charge in [0.25, 0.3) is 0 Å². The fourth-order valence-corrected chi connectivity index (χ4v) is 1.55. The van der Waals surface area contributed by atoms with E-state index in [9.17, 15) is 4.79 Å². The van der Waals surface area contributed by atoms with E-state index in [1.807, 2.05) is 6.07 Å². The fraction of sp³-hybridized carbons (Fsp3) is 0.417. The first-order valence-corrected chi connectivity index (χ1v) is 5.09. The highest BCUT2D eigenvalue weighted by Gasteiger charge is 2.10. The molecule has 1 unspecified atom stereocenters. The third-order valence-electron chi connectivity index (χ3n) is 2.29. The molecule has 0 amide bonds. The molecule has 3 heteroatoms. The molecule has 1 rings (SSSR count). The highest BCUT2D eigenvalue weighted by molar-refractivity contribution is 5.87. The molecule has 0 heterocycles. The zero-order chi connectivity index (χ0) is 11.4. The lowest BCUT2D eigenvalue weighted by Crippen LogP contribution is -2.13. The van der Waals surface area contributed by atoms with E-state index < -0.39 is 5.97 Å². The summed E-state index contributed by atoms with van der Waals surface area (Å²) in [5.74, 6) is -0.401. The summed E-state index contributed by atoms with van der Waals surface area (Å²) >= 11 is 0. The number of hydrogen-bond acceptors (Lipinski definition) is 2. The van der Waals surface area contributed by atoms with Crippen LogP contribution in [0.15, 0.2) is 24.3 Å². The van der Waals surface area contributed by atoms with Crippen LogP contribution < -0.4 is 5.73 Å². The molecule has 82 valence electrons. The second-order valence-electron chi connectivity index (χ2n) is 4.17. The molecule has 15 heavy (non-hydrogen) atoms. The van der Waals surface area contributed by atoms with Crippen LogP contribution in [0.5, 0.6) is 0 Å². The number of carboxylic acid groups (broad SMARTS) is 1. The van der Waals surface area contributed by atoms with Crippen molar-refractivity contribution in [3.05, 3.63) is 35.4 Å².